The van der Waals surface area contributed by atoms with E-state index in [-0.39, 0.29) is 12.1 Å². The fourth-order valence-corrected chi connectivity index (χ4v) is 2.09. The summed E-state index contributed by atoms with van der Waals surface area (Å²) < 4.78 is 39.1. The van der Waals surface area contributed by atoms with E-state index < -0.39 is 35.6 Å². The maximum absolute atomic E-state index is 13.0. The third-order valence-electron chi connectivity index (χ3n) is 3.57. The second-order valence-corrected chi connectivity index (χ2v) is 5.17. The van der Waals surface area contributed by atoms with Crippen molar-refractivity contribution in [3.8, 4) is 0 Å². The molecule has 1 aromatic carbocycles. The van der Waals surface area contributed by atoms with Crippen LogP contribution in [0.3, 0.4) is 0 Å². The fraction of sp³-hybridized carbons (Fsp3) is 0.467. The van der Waals surface area contributed by atoms with Gasteiger partial charge in [-0.2, -0.15) is 13.2 Å². The molecule has 0 aromatic heterocycles. The highest BCUT2D eigenvalue weighted by atomic mass is 19.4. The average molecular weight is 331 g/mol. The van der Waals surface area contributed by atoms with Gasteiger partial charge in [-0.25, -0.2) is 4.79 Å². The molecule has 0 aliphatic heterocycles. The summed E-state index contributed by atoms with van der Waals surface area (Å²) in [4.78, 5) is 22.5. The Bertz CT molecular complexity index is 561. The standard InChI is InChI=1S/C15H20F3N3O2/c1-9(10(2)20-8-13(22)21-14(23)19-3)11-6-4-5-7-12(11)15(16,17)18/h4-7,9-10,20H,8H2,1-3H3,(H2,19,21,22,23)/t9-,10+/m0/s1. The molecule has 0 radical (unpaired) electrons. The summed E-state index contributed by atoms with van der Waals surface area (Å²) in [6, 6.07) is 4.32. The van der Waals surface area contributed by atoms with Crippen LogP contribution in [0.25, 0.3) is 0 Å². The summed E-state index contributed by atoms with van der Waals surface area (Å²) in [7, 11) is 1.37. The zero-order valence-electron chi connectivity index (χ0n) is 13.1. The first-order valence-electron chi connectivity index (χ1n) is 7.08. The van der Waals surface area contributed by atoms with Crippen LogP contribution in [0.4, 0.5) is 18.0 Å². The summed E-state index contributed by atoms with van der Waals surface area (Å²) in [5.41, 5.74) is -0.525. The van der Waals surface area contributed by atoms with Crippen LogP contribution < -0.4 is 16.0 Å². The molecule has 3 amide bonds. The lowest BCUT2D eigenvalue weighted by atomic mass is 9.90. The number of benzene rings is 1. The van der Waals surface area contributed by atoms with Crippen LogP contribution in [0.5, 0.6) is 0 Å². The molecular weight excluding hydrogens is 311 g/mol. The summed E-state index contributed by atoms with van der Waals surface area (Å²) in [5.74, 6) is -1.03. The first-order chi connectivity index (χ1) is 10.7. The van der Waals surface area contributed by atoms with Crippen molar-refractivity contribution in [2.45, 2.75) is 32.0 Å². The molecule has 23 heavy (non-hydrogen) atoms. The maximum atomic E-state index is 13.0. The minimum atomic E-state index is -4.43. The van der Waals surface area contributed by atoms with Gasteiger partial charge in [-0.15, -0.1) is 0 Å². The molecule has 0 heterocycles. The molecule has 0 aliphatic carbocycles. The summed E-state index contributed by atoms with van der Waals surface area (Å²) in [6.45, 7) is 3.16. The van der Waals surface area contributed by atoms with E-state index in [0.29, 0.717) is 0 Å². The molecule has 1 aromatic rings. The van der Waals surface area contributed by atoms with Crippen molar-refractivity contribution in [2.24, 2.45) is 0 Å². The number of nitrogens with one attached hydrogen (secondary N) is 3. The molecule has 0 spiro atoms. The molecule has 1 rings (SSSR count). The quantitative estimate of drug-likeness (QED) is 0.775. The van der Waals surface area contributed by atoms with E-state index in [9.17, 15) is 22.8 Å². The van der Waals surface area contributed by atoms with Crippen molar-refractivity contribution in [1.82, 2.24) is 16.0 Å². The Morgan fingerprint density at radius 2 is 1.78 bits per heavy atom. The number of urea groups is 1. The van der Waals surface area contributed by atoms with Gasteiger partial charge in [0.25, 0.3) is 0 Å². The lowest BCUT2D eigenvalue weighted by Gasteiger charge is -2.24. The van der Waals surface area contributed by atoms with E-state index in [2.05, 4.69) is 16.0 Å². The molecule has 5 nitrogen and oxygen atoms in total. The van der Waals surface area contributed by atoms with Crippen molar-refractivity contribution in [1.29, 1.82) is 0 Å². The second kappa shape index (κ2) is 7.96. The van der Waals surface area contributed by atoms with E-state index in [1.54, 1.807) is 19.9 Å². The maximum Gasteiger partial charge on any atom is 0.416 e. The Morgan fingerprint density at radius 1 is 1.17 bits per heavy atom. The molecular formula is C15H20F3N3O2. The number of carbonyl (C=O) groups excluding carboxylic acids is 2. The number of alkyl halides is 3. The van der Waals surface area contributed by atoms with Crippen LogP contribution in [0.1, 0.15) is 30.9 Å². The van der Waals surface area contributed by atoms with Gasteiger partial charge >= 0.3 is 12.2 Å². The van der Waals surface area contributed by atoms with E-state index in [1.807, 2.05) is 0 Å². The smallest absolute Gasteiger partial charge is 0.341 e. The Balaban J connectivity index is 2.73. The van der Waals surface area contributed by atoms with Crippen molar-refractivity contribution in [3.05, 3.63) is 35.4 Å². The Kier molecular flexibility index (Phi) is 6.56. The van der Waals surface area contributed by atoms with Crippen LogP contribution >= 0.6 is 0 Å². The Morgan fingerprint density at radius 3 is 2.35 bits per heavy atom. The molecule has 0 saturated heterocycles. The van der Waals surface area contributed by atoms with Crippen molar-refractivity contribution in [3.63, 3.8) is 0 Å². The molecule has 0 unspecified atom stereocenters. The van der Waals surface area contributed by atoms with E-state index in [4.69, 9.17) is 0 Å². The lowest BCUT2D eigenvalue weighted by molar-refractivity contribution is -0.138. The van der Waals surface area contributed by atoms with E-state index in [1.165, 1.54) is 19.2 Å². The third kappa shape index (κ3) is 5.55. The number of halogens is 3. The van der Waals surface area contributed by atoms with Crippen molar-refractivity contribution in [2.75, 3.05) is 13.6 Å². The molecule has 2 atom stereocenters. The van der Waals surface area contributed by atoms with Gasteiger partial charge in [0, 0.05) is 13.1 Å². The molecule has 0 fully saturated rings. The van der Waals surface area contributed by atoms with Crippen molar-refractivity contribution >= 4 is 11.9 Å². The first kappa shape index (κ1) is 19.0. The third-order valence-corrected chi connectivity index (χ3v) is 3.57. The second-order valence-electron chi connectivity index (χ2n) is 5.17. The van der Waals surface area contributed by atoms with Crippen LogP contribution in [0.15, 0.2) is 24.3 Å². The van der Waals surface area contributed by atoms with Gasteiger partial charge in [0.15, 0.2) is 0 Å². The summed E-state index contributed by atoms with van der Waals surface area (Å²) >= 11 is 0. The van der Waals surface area contributed by atoms with E-state index in [0.717, 1.165) is 6.07 Å². The zero-order valence-corrected chi connectivity index (χ0v) is 13.1. The Labute approximate surface area is 132 Å². The van der Waals surface area contributed by atoms with Crippen LogP contribution in [-0.4, -0.2) is 31.6 Å². The first-order valence-corrected chi connectivity index (χ1v) is 7.08. The number of amides is 3. The minimum absolute atomic E-state index is 0.159. The van der Waals surface area contributed by atoms with Crippen LogP contribution in [0, 0.1) is 0 Å². The van der Waals surface area contributed by atoms with Crippen LogP contribution in [0.2, 0.25) is 0 Å². The fourth-order valence-electron chi connectivity index (χ4n) is 2.09. The largest absolute Gasteiger partial charge is 0.416 e. The monoisotopic (exact) mass is 331 g/mol. The van der Waals surface area contributed by atoms with Gasteiger partial charge < -0.3 is 10.6 Å². The Hall–Kier alpha value is -2.09. The molecule has 0 saturated carbocycles. The van der Waals surface area contributed by atoms with Gasteiger partial charge in [-0.3, -0.25) is 10.1 Å². The van der Waals surface area contributed by atoms with Gasteiger partial charge in [-0.05, 0) is 24.5 Å². The van der Waals surface area contributed by atoms with Crippen molar-refractivity contribution < 1.29 is 22.8 Å². The normalized spacial score (nSPS) is 14.0. The molecule has 128 valence electrons. The number of rotatable bonds is 5. The highest BCUT2D eigenvalue weighted by molar-refractivity contribution is 5.95. The predicted molar refractivity (Wildman–Crippen MR) is 79.9 cm³/mol. The van der Waals surface area contributed by atoms with Gasteiger partial charge in [0.2, 0.25) is 5.91 Å². The number of imide groups is 1. The molecule has 3 N–H and O–H groups in total. The number of hydrogen-bond acceptors (Lipinski definition) is 3. The van der Waals surface area contributed by atoms with E-state index >= 15 is 0 Å². The lowest BCUT2D eigenvalue weighted by Crippen LogP contribution is -2.44. The van der Waals surface area contributed by atoms with Gasteiger partial charge in [-0.1, -0.05) is 25.1 Å². The van der Waals surface area contributed by atoms with Gasteiger partial charge in [0.1, 0.15) is 0 Å². The summed E-state index contributed by atoms with van der Waals surface area (Å²) in [6.07, 6.45) is -4.43. The highest BCUT2D eigenvalue weighted by Crippen LogP contribution is 2.35. The van der Waals surface area contributed by atoms with Gasteiger partial charge in [0.05, 0.1) is 12.1 Å². The predicted octanol–water partition coefficient (Wildman–Crippen LogP) is 2.24. The van der Waals surface area contributed by atoms with Crippen LogP contribution in [-0.2, 0) is 11.0 Å². The number of hydrogen-bond donors (Lipinski definition) is 3. The minimum Gasteiger partial charge on any atom is -0.341 e. The summed E-state index contributed by atoms with van der Waals surface area (Å²) in [5, 5.41) is 7.13. The number of carbonyl (C=O) groups is 2. The average Bonchev–Trinajstić information content (AvgIpc) is 2.50. The topological polar surface area (TPSA) is 70.2 Å². The molecule has 0 bridgehead atoms. The molecule has 0 aliphatic rings. The SMILES string of the molecule is CNC(=O)NC(=O)CN[C@H](C)[C@H](C)c1ccccc1C(F)(F)F. The zero-order chi connectivity index (χ0) is 17.6. The highest BCUT2D eigenvalue weighted by Gasteiger charge is 2.34. The molecule has 8 heteroatoms.